The van der Waals surface area contributed by atoms with Crippen molar-refractivity contribution in [2.24, 2.45) is 4.99 Å². The Labute approximate surface area is 203 Å². The van der Waals surface area contributed by atoms with Gasteiger partial charge in [0.1, 0.15) is 0 Å². The topological polar surface area (TPSA) is 97.7 Å². The van der Waals surface area contributed by atoms with Gasteiger partial charge >= 0.3 is 11.9 Å². The van der Waals surface area contributed by atoms with Crippen molar-refractivity contribution in [2.45, 2.75) is 13.3 Å². The second-order valence-corrected chi connectivity index (χ2v) is 8.07. The van der Waals surface area contributed by atoms with E-state index in [0.29, 0.717) is 29.6 Å². The number of hydrogen-bond donors (Lipinski definition) is 0. The van der Waals surface area contributed by atoms with E-state index in [1.54, 1.807) is 36.1 Å². The second-order valence-electron chi connectivity index (χ2n) is 7.06. The number of benzene rings is 1. The van der Waals surface area contributed by atoms with Gasteiger partial charge in [-0.2, -0.15) is 0 Å². The van der Waals surface area contributed by atoms with Gasteiger partial charge in [0.25, 0.3) is 5.91 Å². The predicted molar refractivity (Wildman–Crippen MR) is 121 cm³/mol. The first-order valence-electron chi connectivity index (χ1n) is 10.5. The zero-order valence-electron chi connectivity index (χ0n) is 18.6. The molecule has 11 heteroatoms. The molecule has 0 radical (unpaired) electrons. The Morgan fingerprint density at radius 3 is 2.52 bits per heavy atom. The van der Waals surface area contributed by atoms with Crippen LogP contribution in [0.5, 0.6) is 0 Å². The highest BCUT2D eigenvalue weighted by molar-refractivity contribution is 8.18. The van der Waals surface area contributed by atoms with Crippen molar-refractivity contribution in [3.8, 4) is 0 Å². The number of rotatable bonds is 8. The van der Waals surface area contributed by atoms with Crippen molar-refractivity contribution in [3.63, 3.8) is 0 Å². The summed E-state index contributed by atoms with van der Waals surface area (Å²) < 4.78 is 15.0. The van der Waals surface area contributed by atoms with E-state index in [-0.39, 0.29) is 23.2 Å². The van der Waals surface area contributed by atoms with Gasteiger partial charge in [-0.1, -0.05) is 0 Å². The Bertz CT molecular complexity index is 900. The number of thioether (sulfide) groups is 1. The van der Waals surface area contributed by atoms with Gasteiger partial charge in [-0.25, -0.2) is 14.6 Å². The third kappa shape index (κ3) is 7.56. The predicted octanol–water partition coefficient (Wildman–Crippen LogP) is -0.791. The van der Waals surface area contributed by atoms with Gasteiger partial charge in [0.05, 0.1) is 43.1 Å². The Hall–Kier alpha value is -2.40. The molecular weight excluding hydrogens is 470 g/mol. The summed E-state index contributed by atoms with van der Waals surface area (Å²) >= 11 is 1.13. The molecule has 1 aromatic carbocycles. The summed E-state index contributed by atoms with van der Waals surface area (Å²) in [5, 5.41) is 0.482. The number of hydrogen-bond acceptors (Lipinski definition) is 9. The molecule has 2 heterocycles. The Morgan fingerprint density at radius 1 is 1.18 bits per heavy atom. The van der Waals surface area contributed by atoms with Gasteiger partial charge in [-0.15, -0.1) is 0 Å². The zero-order chi connectivity index (χ0) is 22.9. The molecule has 0 N–H and O–H groups in total. The molecule has 2 aliphatic heterocycles. The van der Waals surface area contributed by atoms with E-state index in [2.05, 4.69) is 14.6 Å². The minimum atomic E-state index is -0.589. The number of esters is 2. The minimum absolute atomic E-state index is 0. The van der Waals surface area contributed by atoms with Crippen LogP contribution in [0.3, 0.4) is 0 Å². The molecule has 0 spiro atoms. The van der Waals surface area contributed by atoms with E-state index in [1.807, 2.05) is 0 Å². The number of amidine groups is 1. The largest absolute Gasteiger partial charge is 1.00 e. The lowest BCUT2D eigenvalue weighted by molar-refractivity contribution is -0.135. The van der Waals surface area contributed by atoms with Crippen molar-refractivity contribution in [1.82, 2.24) is 9.80 Å². The maximum atomic E-state index is 12.9. The zero-order valence-corrected chi connectivity index (χ0v) is 20.2. The molecule has 0 aliphatic carbocycles. The molecule has 0 saturated carbocycles. The van der Waals surface area contributed by atoms with Crippen molar-refractivity contribution in [2.75, 3.05) is 53.1 Å². The van der Waals surface area contributed by atoms with Gasteiger partial charge in [0.15, 0.2) is 5.17 Å². The van der Waals surface area contributed by atoms with Crippen LogP contribution in [0, 0.1) is 0 Å². The summed E-state index contributed by atoms with van der Waals surface area (Å²) in [5.41, 5.74) is 1.02. The summed E-state index contributed by atoms with van der Waals surface area (Å²) in [6, 6.07) is 6.65. The minimum Gasteiger partial charge on any atom is -1.00 e. The third-order valence-electron chi connectivity index (χ3n) is 4.90. The van der Waals surface area contributed by atoms with E-state index < -0.39 is 11.9 Å². The quantitative estimate of drug-likeness (QED) is 0.341. The standard InChI is InChI=1S/C22H27N3O6S.ClH/c1-3-31-21(28)16-5-7-17(8-6-16)23-22-25(10-4-9-24-11-13-30-14-12-24)20(27)18(32-22)15-19(26)29-2;/h5-8,15H,3-4,9-14H2,1-2H3;1H/p-1/b18-15-,23-22?;. The first kappa shape index (κ1) is 26.8. The van der Waals surface area contributed by atoms with Crippen molar-refractivity contribution in [3.05, 3.63) is 40.8 Å². The Morgan fingerprint density at radius 2 is 1.88 bits per heavy atom. The summed E-state index contributed by atoms with van der Waals surface area (Å²) in [6.45, 7) is 6.57. The summed E-state index contributed by atoms with van der Waals surface area (Å²) in [7, 11) is 1.27. The van der Waals surface area contributed by atoms with Crippen LogP contribution in [-0.4, -0.2) is 85.9 Å². The van der Waals surface area contributed by atoms with Crippen molar-refractivity contribution >= 4 is 40.5 Å². The molecule has 0 unspecified atom stereocenters. The van der Waals surface area contributed by atoms with E-state index in [9.17, 15) is 14.4 Å². The molecule has 2 saturated heterocycles. The smallest absolute Gasteiger partial charge is 0.338 e. The average molecular weight is 497 g/mol. The lowest BCUT2D eigenvalue weighted by atomic mass is 10.2. The lowest BCUT2D eigenvalue weighted by Crippen LogP contribution is -3.00. The highest BCUT2D eigenvalue weighted by atomic mass is 35.5. The van der Waals surface area contributed by atoms with E-state index in [1.165, 1.54) is 13.2 Å². The number of ether oxygens (including phenoxy) is 3. The molecule has 0 aromatic heterocycles. The van der Waals surface area contributed by atoms with Gasteiger partial charge in [-0.05, 0) is 49.4 Å². The van der Waals surface area contributed by atoms with Crippen LogP contribution in [-0.2, 0) is 23.8 Å². The molecule has 1 aromatic rings. The normalized spacial score (nSPS) is 19.0. The number of carbonyl (C=O) groups is 3. The average Bonchev–Trinajstić information content (AvgIpc) is 3.09. The first-order valence-corrected chi connectivity index (χ1v) is 11.3. The molecule has 3 rings (SSSR count). The molecule has 1 amide bonds. The number of morpholine rings is 1. The van der Waals surface area contributed by atoms with Crippen LogP contribution in [0.1, 0.15) is 23.7 Å². The maximum Gasteiger partial charge on any atom is 0.338 e. The number of carbonyl (C=O) groups excluding carboxylic acids is 3. The second kappa shape index (κ2) is 13.3. The molecule has 33 heavy (non-hydrogen) atoms. The first-order chi connectivity index (χ1) is 15.5. The van der Waals surface area contributed by atoms with Gasteiger partial charge in [0.2, 0.25) is 0 Å². The fourth-order valence-electron chi connectivity index (χ4n) is 3.23. The molecule has 9 nitrogen and oxygen atoms in total. The third-order valence-corrected chi connectivity index (χ3v) is 5.91. The maximum absolute atomic E-state index is 12.9. The van der Waals surface area contributed by atoms with Crippen LogP contribution in [0.2, 0.25) is 0 Å². The van der Waals surface area contributed by atoms with Gasteiger partial charge < -0.3 is 26.6 Å². The highest BCUT2D eigenvalue weighted by Gasteiger charge is 2.34. The molecule has 0 atom stereocenters. The number of halogens is 1. The van der Waals surface area contributed by atoms with E-state index >= 15 is 0 Å². The number of amides is 1. The Balaban J connectivity index is 0.00000385. The van der Waals surface area contributed by atoms with Crippen LogP contribution in [0.15, 0.2) is 40.2 Å². The SMILES string of the molecule is CCOC(=O)c1ccc(N=C2S/C(=C\C(=O)OC)C(=O)N2CCCN2CCOCC2)cc1.[Cl-]. The van der Waals surface area contributed by atoms with E-state index in [0.717, 1.165) is 51.0 Å². The number of methoxy groups -OCH3 is 1. The van der Waals surface area contributed by atoms with Crippen LogP contribution in [0.25, 0.3) is 0 Å². The van der Waals surface area contributed by atoms with E-state index in [4.69, 9.17) is 9.47 Å². The van der Waals surface area contributed by atoms with Crippen LogP contribution in [0.4, 0.5) is 5.69 Å². The highest BCUT2D eigenvalue weighted by Crippen LogP contribution is 2.33. The van der Waals surface area contributed by atoms with Gasteiger partial charge in [-0.3, -0.25) is 14.6 Å². The van der Waals surface area contributed by atoms with Crippen LogP contribution < -0.4 is 12.4 Å². The van der Waals surface area contributed by atoms with Crippen molar-refractivity contribution < 1.29 is 41.0 Å². The molecule has 0 bridgehead atoms. The molecule has 180 valence electrons. The lowest BCUT2D eigenvalue weighted by Gasteiger charge is -2.27. The molecule has 2 fully saturated rings. The summed E-state index contributed by atoms with van der Waals surface area (Å²) in [6.07, 6.45) is 1.95. The van der Waals surface area contributed by atoms with Gasteiger partial charge in [0, 0.05) is 32.3 Å². The molecule has 2 aliphatic rings. The molecular formula is C22H27ClN3O6S-. The summed E-state index contributed by atoms with van der Waals surface area (Å²) in [4.78, 5) is 45.2. The monoisotopic (exact) mass is 496 g/mol. The summed E-state index contributed by atoms with van der Waals surface area (Å²) in [5.74, 6) is -1.26. The number of nitrogens with zero attached hydrogens (tertiary/aromatic N) is 3. The van der Waals surface area contributed by atoms with Crippen LogP contribution >= 0.6 is 11.8 Å². The number of aliphatic imine (C=N–C) groups is 1. The fourth-order valence-corrected chi connectivity index (χ4v) is 4.21. The fraction of sp³-hybridized carbons (Fsp3) is 0.455. The Kier molecular flexibility index (Phi) is 10.9. The van der Waals surface area contributed by atoms with Crippen molar-refractivity contribution in [1.29, 1.82) is 0 Å².